The third kappa shape index (κ3) is 4.04. The zero-order chi connectivity index (χ0) is 9.57. The van der Waals surface area contributed by atoms with Crippen molar-refractivity contribution in [3.63, 3.8) is 0 Å². The Kier molecular flexibility index (Phi) is 4.66. The predicted molar refractivity (Wildman–Crippen MR) is 47.4 cm³/mol. The van der Waals surface area contributed by atoms with Gasteiger partial charge in [-0.2, -0.15) is 0 Å². The van der Waals surface area contributed by atoms with Gasteiger partial charge in [0, 0.05) is 13.2 Å². The summed E-state index contributed by atoms with van der Waals surface area (Å²) in [6.07, 6.45) is 1.67. The maximum absolute atomic E-state index is 8.52. The van der Waals surface area contributed by atoms with Crippen LogP contribution >= 0.6 is 0 Å². The molecule has 0 bridgehead atoms. The lowest BCUT2D eigenvalue weighted by Gasteiger charge is -2.21. The molecule has 0 unspecified atom stereocenters. The smallest absolute Gasteiger partial charge is 0.189 e. The lowest BCUT2D eigenvalue weighted by molar-refractivity contribution is -0.180. The number of hydrogen-bond acceptors (Lipinski definition) is 4. The van der Waals surface area contributed by atoms with Gasteiger partial charge in [-0.15, -0.1) is 0 Å². The van der Waals surface area contributed by atoms with Crippen LogP contribution in [0.1, 0.15) is 19.8 Å². The van der Waals surface area contributed by atoms with Gasteiger partial charge in [0.1, 0.15) is 6.61 Å². The molecule has 1 N–H and O–H groups in total. The molecular formula is C9H18O4. The van der Waals surface area contributed by atoms with Crippen LogP contribution in [0.5, 0.6) is 0 Å². The van der Waals surface area contributed by atoms with Crippen LogP contribution in [-0.2, 0) is 14.2 Å². The van der Waals surface area contributed by atoms with Crippen molar-refractivity contribution in [2.24, 2.45) is 0 Å². The summed E-state index contributed by atoms with van der Waals surface area (Å²) in [7, 11) is 0. The molecule has 1 heterocycles. The minimum absolute atomic E-state index is 0.230. The molecule has 1 rings (SSSR count). The van der Waals surface area contributed by atoms with E-state index in [1.807, 2.05) is 6.92 Å². The first kappa shape index (κ1) is 10.9. The fraction of sp³-hybridized carbons (Fsp3) is 1.00. The normalized spacial score (nSPS) is 20.8. The second-order valence-electron chi connectivity index (χ2n) is 3.31. The van der Waals surface area contributed by atoms with Crippen molar-refractivity contribution >= 4 is 0 Å². The van der Waals surface area contributed by atoms with Gasteiger partial charge in [0.05, 0.1) is 13.2 Å². The van der Waals surface area contributed by atoms with Crippen LogP contribution in [0.4, 0.5) is 0 Å². The Morgan fingerprint density at radius 2 is 2.00 bits per heavy atom. The third-order valence-electron chi connectivity index (χ3n) is 1.96. The predicted octanol–water partition coefficient (Wildman–Crippen LogP) is 0.538. The van der Waals surface area contributed by atoms with Gasteiger partial charge in [0.25, 0.3) is 0 Å². The van der Waals surface area contributed by atoms with Gasteiger partial charge in [-0.3, -0.25) is 0 Å². The Labute approximate surface area is 78.8 Å². The molecule has 0 amide bonds. The highest BCUT2D eigenvalue weighted by molar-refractivity contribution is 4.66. The number of aliphatic hydroxyl groups excluding tert-OH is 1. The van der Waals surface area contributed by atoms with E-state index in [1.54, 1.807) is 0 Å². The summed E-state index contributed by atoms with van der Waals surface area (Å²) in [4.78, 5) is 0. The molecule has 0 saturated carbocycles. The second-order valence-corrected chi connectivity index (χ2v) is 3.31. The second kappa shape index (κ2) is 5.54. The van der Waals surface area contributed by atoms with E-state index in [1.165, 1.54) is 0 Å². The molecule has 78 valence electrons. The fourth-order valence-electron chi connectivity index (χ4n) is 1.21. The quantitative estimate of drug-likeness (QED) is 0.621. The topological polar surface area (TPSA) is 47.9 Å². The number of aliphatic hydroxyl groups is 1. The summed E-state index contributed by atoms with van der Waals surface area (Å²) in [6, 6.07) is 0. The molecule has 4 heteroatoms. The molecule has 0 atom stereocenters. The van der Waals surface area contributed by atoms with Gasteiger partial charge in [0.15, 0.2) is 5.79 Å². The van der Waals surface area contributed by atoms with Crippen molar-refractivity contribution in [3.05, 3.63) is 0 Å². The van der Waals surface area contributed by atoms with Gasteiger partial charge in [0.2, 0.25) is 0 Å². The summed E-state index contributed by atoms with van der Waals surface area (Å²) in [6.45, 7) is 4.54. The van der Waals surface area contributed by atoms with E-state index in [2.05, 4.69) is 0 Å². The van der Waals surface area contributed by atoms with Crippen molar-refractivity contribution < 1.29 is 19.3 Å². The van der Waals surface area contributed by atoms with Crippen LogP contribution in [0, 0.1) is 0 Å². The largest absolute Gasteiger partial charge is 0.396 e. The van der Waals surface area contributed by atoms with Gasteiger partial charge in [-0.05, 0) is 19.8 Å². The lowest BCUT2D eigenvalue weighted by atomic mass is 10.3. The zero-order valence-corrected chi connectivity index (χ0v) is 8.12. The van der Waals surface area contributed by atoms with Gasteiger partial charge >= 0.3 is 0 Å². The summed E-state index contributed by atoms with van der Waals surface area (Å²) in [5.41, 5.74) is 0. The number of hydrogen-bond donors (Lipinski definition) is 1. The first-order chi connectivity index (χ1) is 6.27. The summed E-state index contributed by atoms with van der Waals surface area (Å²) in [5, 5.41) is 8.52. The molecule has 0 radical (unpaired) electrons. The summed E-state index contributed by atoms with van der Waals surface area (Å²) < 4.78 is 16.1. The standard InChI is InChI=1S/C9H18O4/c1-9(12-6-7-13-9)8-11-5-3-2-4-10/h10H,2-8H2,1H3. The van der Waals surface area contributed by atoms with Crippen LogP contribution < -0.4 is 0 Å². The lowest BCUT2D eigenvalue weighted by Crippen LogP contribution is -2.32. The average molecular weight is 190 g/mol. The van der Waals surface area contributed by atoms with Crippen molar-refractivity contribution in [1.29, 1.82) is 0 Å². The monoisotopic (exact) mass is 190 g/mol. The number of ether oxygens (including phenoxy) is 3. The average Bonchev–Trinajstić information content (AvgIpc) is 2.53. The highest BCUT2D eigenvalue weighted by Crippen LogP contribution is 2.18. The molecule has 0 aromatic carbocycles. The first-order valence-corrected chi connectivity index (χ1v) is 4.73. The fourth-order valence-corrected chi connectivity index (χ4v) is 1.21. The molecule has 1 fully saturated rings. The van der Waals surface area contributed by atoms with Crippen molar-refractivity contribution in [2.45, 2.75) is 25.6 Å². The van der Waals surface area contributed by atoms with Gasteiger partial charge < -0.3 is 19.3 Å². The molecule has 0 aromatic rings. The third-order valence-corrected chi connectivity index (χ3v) is 1.96. The molecule has 0 aliphatic carbocycles. The Morgan fingerprint density at radius 3 is 2.62 bits per heavy atom. The van der Waals surface area contributed by atoms with Crippen LogP contribution in [0.25, 0.3) is 0 Å². The van der Waals surface area contributed by atoms with E-state index in [-0.39, 0.29) is 6.61 Å². The van der Waals surface area contributed by atoms with E-state index in [0.29, 0.717) is 26.4 Å². The van der Waals surface area contributed by atoms with Gasteiger partial charge in [-0.1, -0.05) is 0 Å². The molecule has 4 nitrogen and oxygen atoms in total. The van der Waals surface area contributed by atoms with Crippen LogP contribution in [-0.4, -0.2) is 43.9 Å². The van der Waals surface area contributed by atoms with Crippen LogP contribution in [0.15, 0.2) is 0 Å². The Bertz CT molecular complexity index is 132. The van der Waals surface area contributed by atoms with E-state index in [4.69, 9.17) is 19.3 Å². The minimum Gasteiger partial charge on any atom is -0.396 e. The van der Waals surface area contributed by atoms with E-state index in [9.17, 15) is 0 Å². The van der Waals surface area contributed by atoms with E-state index < -0.39 is 5.79 Å². The number of rotatable bonds is 6. The first-order valence-electron chi connectivity index (χ1n) is 4.73. The van der Waals surface area contributed by atoms with Crippen LogP contribution in [0.3, 0.4) is 0 Å². The van der Waals surface area contributed by atoms with Gasteiger partial charge in [-0.25, -0.2) is 0 Å². The Hall–Kier alpha value is -0.160. The van der Waals surface area contributed by atoms with E-state index in [0.717, 1.165) is 12.8 Å². The highest BCUT2D eigenvalue weighted by atomic mass is 16.7. The molecular weight excluding hydrogens is 172 g/mol. The Morgan fingerprint density at radius 1 is 1.31 bits per heavy atom. The molecule has 13 heavy (non-hydrogen) atoms. The van der Waals surface area contributed by atoms with Crippen molar-refractivity contribution in [2.75, 3.05) is 33.0 Å². The van der Waals surface area contributed by atoms with Crippen molar-refractivity contribution in [3.8, 4) is 0 Å². The SMILES string of the molecule is CC1(COCCCCO)OCCO1. The van der Waals surface area contributed by atoms with Crippen LogP contribution in [0.2, 0.25) is 0 Å². The maximum Gasteiger partial charge on any atom is 0.189 e. The molecule has 1 aliphatic heterocycles. The van der Waals surface area contributed by atoms with Crippen molar-refractivity contribution in [1.82, 2.24) is 0 Å². The summed E-state index contributed by atoms with van der Waals surface area (Å²) >= 11 is 0. The molecule has 1 aliphatic rings. The van der Waals surface area contributed by atoms with E-state index >= 15 is 0 Å². The highest BCUT2D eigenvalue weighted by Gasteiger charge is 2.30. The zero-order valence-electron chi connectivity index (χ0n) is 8.12. The minimum atomic E-state index is -0.542. The molecule has 0 spiro atoms. The maximum atomic E-state index is 8.52. The molecule has 0 aromatic heterocycles. The summed E-state index contributed by atoms with van der Waals surface area (Å²) in [5.74, 6) is -0.542. The molecule has 1 saturated heterocycles. The Balaban J connectivity index is 1.98. The number of unbranched alkanes of at least 4 members (excludes halogenated alkanes) is 1.